The van der Waals surface area contributed by atoms with E-state index >= 15 is 0 Å². The van der Waals surface area contributed by atoms with E-state index in [0.717, 1.165) is 10.6 Å². The SMILES string of the molecule is O=C(O)Cc1sccc1Nc1cc(Cl)ccc1Cl. The number of benzene rings is 1. The number of thiophene rings is 1. The lowest BCUT2D eigenvalue weighted by atomic mass is 10.2. The van der Waals surface area contributed by atoms with Gasteiger partial charge in [-0.25, -0.2) is 0 Å². The number of nitrogens with one attached hydrogen (secondary N) is 1. The Balaban J connectivity index is 2.26. The highest BCUT2D eigenvalue weighted by atomic mass is 35.5. The zero-order valence-corrected chi connectivity index (χ0v) is 11.4. The summed E-state index contributed by atoms with van der Waals surface area (Å²) in [6.45, 7) is 0. The number of carboxylic acid groups (broad SMARTS) is 1. The predicted molar refractivity (Wildman–Crippen MR) is 75.4 cm³/mol. The minimum absolute atomic E-state index is 0.0157. The number of halogens is 2. The average molecular weight is 302 g/mol. The van der Waals surface area contributed by atoms with E-state index in [1.165, 1.54) is 11.3 Å². The van der Waals surface area contributed by atoms with Crippen LogP contribution in [0.4, 0.5) is 11.4 Å². The normalized spacial score (nSPS) is 10.3. The molecule has 0 saturated heterocycles. The molecule has 0 aliphatic rings. The minimum Gasteiger partial charge on any atom is -0.481 e. The van der Waals surface area contributed by atoms with Crippen LogP contribution in [0.2, 0.25) is 10.0 Å². The number of carbonyl (C=O) groups is 1. The second kappa shape index (κ2) is 5.61. The quantitative estimate of drug-likeness (QED) is 0.878. The van der Waals surface area contributed by atoms with E-state index in [2.05, 4.69) is 5.32 Å². The van der Waals surface area contributed by atoms with Crippen LogP contribution in [0.3, 0.4) is 0 Å². The Kier molecular flexibility index (Phi) is 4.11. The van der Waals surface area contributed by atoms with Gasteiger partial charge in [0.05, 0.1) is 22.8 Å². The topological polar surface area (TPSA) is 49.3 Å². The van der Waals surface area contributed by atoms with Crippen molar-refractivity contribution in [3.8, 4) is 0 Å². The number of anilines is 2. The van der Waals surface area contributed by atoms with E-state index in [1.54, 1.807) is 18.2 Å². The average Bonchev–Trinajstić information content (AvgIpc) is 2.70. The Hall–Kier alpha value is -1.23. The zero-order chi connectivity index (χ0) is 13.1. The fraction of sp³-hybridized carbons (Fsp3) is 0.0833. The molecule has 1 heterocycles. The van der Waals surface area contributed by atoms with Crippen LogP contribution in [-0.4, -0.2) is 11.1 Å². The van der Waals surface area contributed by atoms with Gasteiger partial charge in [-0.1, -0.05) is 23.2 Å². The van der Waals surface area contributed by atoms with Crippen molar-refractivity contribution < 1.29 is 9.90 Å². The Morgan fingerprint density at radius 2 is 2.06 bits per heavy atom. The molecule has 0 bridgehead atoms. The van der Waals surface area contributed by atoms with E-state index in [4.69, 9.17) is 28.3 Å². The molecule has 0 spiro atoms. The molecule has 0 saturated carbocycles. The molecule has 2 N–H and O–H groups in total. The lowest BCUT2D eigenvalue weighted by Crippen LogP contribution is -2.01. The molecule has 18 heavy (non-hydrogen) atoms. The van der Waals surface area contributed by atoms with Gasteiger partial charge < -0.3 is 10.4 Å². The van der Waals surface area contributed by atoms with Crippen molar-refractivity contribution in [1.82, 2.24) is 0 Å². The molecule has 6 heteroatoms. The lowest BCUT2D eigenvalue weighted by molar-refractivity contribution is -0.136. The van der Waals surface area contributed by atoms with E-state index in [9.17, 15) is 4.79 Å². The molecule has 94 valence electrons. The molecule has 0 aliphatic carbocycles. The summed E-state index contributed by atoms with van der Waals surface area (Å²) < 4.78 is 0. The molecular formula is C12H9Cl2NO2S. The fourth-order valence-corrected chi connectivity index (χ4v) is 2.62. The highest BCUT2D eigenvalue weighted by molar-refractivity contribution is 7.10. The van der Waals surface area contributed by atoms with Crippen molar-refractivity contribution in [1.29, 1.82) is 0 Å². The van der Waals surface area contributed by atoms with E-state index < -0.39 is 5.97 Å². The van der Waals surface area contributed by atoms with Crippen molar-refractivity contribution in [2.75, 3.05) is 5.32 Å². The molecule has 2 rings (SSSR count). The van der Waals surface area contributed by atoms with Gasteiger partial charge in [0, 0.05) is 9.90 Å². The molecule has 0 radical (unpaired) electrons. The second-order valence-electron chi connectivity index (χ2n) is 3.58. The van der Waals surface area contributed by atoms with Crippen LogP contribution in [0.25, 0.3) is 0 Å². The zero-order valence-electron chi connectivity index (χ0n) is 9.11. The van der Waals surface area contributed by atoms with E-state index in [0.29, 0.717) is 15.7 Å². The van der Waals surface area contributed by atoms with Gasteiger partial charge in [-0.3, -0.25) is 4.79 Å². The molecule has 1 aromatic heterocycles. The molecule has 2 aromatic rings. The molecule has 0 amide bonds. The van der Waals surface area contributed by atoms with Gasteiger partial charge in [-0.15, -0.1) is 11.3 Å². The molecule has 1 aromatic carbocycles. The summed E-state index contributed by atoms with van der Waals surface area (Å²) in [5.41, 5.74) is 1.40. The molecule has 3 nitrogen and oxygen atoms in total. The van der Waals surface area contributed by atoms with Crippen molar-refractivity contribution in [2.24, 2.45) is 0 Å². The maximum atomic E-state index is 10.7. The summed E-state index contributed by atoms with van der Waals surface area (Å²) in [4.78, 5) is 11.5. The van der Waals surface area contributed by atoms with Crippen LogP contribution in [-0.2, 0) is 11.2 Å². The summed E-state index contributed by atoms with van der Waals surface area (Å²) in [6, 6.07) is 6.91. The van der Waals surface area contributed by atoms with Gasteiger partial charge in [0.2, 0.25) is 0 Å². The number of hydrogen-bond acceptors (Lipinski definition) is 3. The lowest BCUT2D eigenvalue weighted by Gasteiger charge is -2.09. The largest absolute Gasteiger partial charge is 0.481 e. The third kappa shape index (κ3) is 3.16. The third-order valence-corrected chi connectivity index (χ3v) is 3.74. The number of aliphatic carboxylic acids is 1. The van der Waals surface area contributed by atoms with Crippen molar-refractivity contribution in [2.45, 2.75) is 6.42 Å². The predicted octanol–water partition coefficient (Wildman–Crippen LogP) is 4.43. The van der Waals surface area contributed by atoms with Gasteiger partial charge in [0.25, 0.3) is 0 Å². The Labute approximate surface area is 118 Å². The van der Waals surface area contributed by atoms with E-state index in [-0.39, 0.29) is 6.42 Å². The molecular weight excluding hydrogens is 293 g/mol. The number of rotatable bonds is 4. The second-order valence-corrected chi connectivity index (χ2v) is 5.42. The minimum atomic E-state index is -0.863. The Bertz CT molecular complexity index is 583. The van der Waals surface area contributed by atoms with Crippen LogP contribution in [0.1, 0.15) is 4.88 Å². The first-order valence-corrected chi connectivity index (χ1v) is 6.70. The van der Waals surface area contributed by atoms with Crippen LogP contribution in [0, 0.1) is 0 Å². The maximum absolute atomic E-state index is 10.7. The molecule has 0 aliphatic heterocycles. The van der Waals surface area contributed by atoms with Crippen molar-refractivity contribution in [3.63, 3.8) is 0 Å². The van der Waals surface area contributed by atoms with Gasteiger partial charge in [0.1, 0.15) is 0 Å². The summed E-state index contributed by atoms with van der Waals surface area (Å²) in [5, 5.41) is 14.8. The number of hydrogen-bond donors (Lipinski definition) is 2. The summed E-state index contributed by atoms with van der Waals surface area (Å²) in [7, 11) is 0. The Morgan fingerprint density at radius 3 is 2.78 bits per heavy atom. The van der Waals surface area contributed by atoms with Crippen molar-refractivity contribution in [3.05, 3.63) is 44.6 Å². The Morgan fingerprint density at radius 1 is 1.28 bits per heavy atom. The standard InChI is InChI=1S/C12H9Cl2NO2S/c13-7-1-2-8(14)10(5-7)15-9-3-4-18-11(9)6-12(16)17/h1-5,15H,6H2,(H,16,17). The monoisotopic (exact) mass is 301 g/mol. The fourth-order valence-electron chi connectivity index (χ4n) is 1.46. The summed E-state index contributed by atoms with van der Waals surface area (Å²) >= 11 is 13.3. The summed E-state index contributed by atoms with van der Waals surface area (Å²) in [5.74, 6) is -0.863. The van der Waals surface area contributed by atoms with Crippen LogP contribution < -0.4 is 5.32 Å². The molecule has 0 unspecified atom stereocenters. The van der Waals surface area contributed by atoms with Crippen LogP contribution in [0.15, 0.2) is 29.6 Å². The highest BCUT2D eigenvalue weighted by Crippen LogP contribution is 2.32. The first-order chi connectivity index (χ1) is 8.56. The van der Waals surface area contributed by atoms with Crippen molar-refractivity contribution >= 4 is 51.9 Å². The molecule has 0 atom stereocenters. The smallest absolute Gasteiger partial charge is 0.308 e. The van der Waals surface area contributed by atoms with Gasteiger partial charge >= 0.3 is 5.97 Å². The van der Waals surface area contributed by atoms with Gasteiger partial charge in [-0.2, -0.15) is 0 Å². The van der Waals surface area contributed by atoms with Gasteiger partial charge in [0.15, 0.2) is 0 Å². The highest BCUT2D eigenvalue weighted by Gasteiger charge is 2.10. The van der Waals surface area contributed by atoms with Crippen LogP contribution >= 0.6 is 34.5 Å². The number of carboxylic acids is 1. The maximum Gasteiger partial charge on any atom is 0.308 e. The molecule has 0 fully saturated rings. The third-order valence-electron chi connectivity index (χ3n) is 2.25. The van der Waals surface area contributed by atoms with E-state index in [1.807, 2.05) is 11.4 Å². The first kappa shape index (κ1) is 13.2. The van der Waals surface area contributed by atoms with Crippen LogP contribution in [0.5, 0.6) is 0 Å². The summed E-state index contributed by atoms with van der Waals surface area (Å²) in [6.07, 6.45) is -0.0157. The van der Waals surface area contributed by atoms with Gasteiger partial charge in [-0.05, 0) is 29.6 Å². The first-order valence-electron chi connectivity index (χ1n) is 5.06.